The summed E-state index contributed by atoms with van der Waals surface area (Å²) in [6.45, 7) is 0. The lowest BCUT2D eigenvalue weighted by Crippen LogP contribution is -2.14. The summed E-state index contributed by atoms with van der Waals surface area (Å²) in [6.07, 6.45) is 0.290. The Labute approximate surface area is 138 Å². The third-order valence-electron chi connectivity index (χ3n) is 2.75. The molecule has 2 heterocycles. The van der Waals surface area contributed by atoms with Gasteiger partial charge in [0.25, 0.3) is 0 Å². The average molecular weight is 379 g/mol. The topological polar surface area (TPSA) is 42.0 Å². The first-order chi connectivity index (χ1) is 10.2. The van der Waals surface area contributed by atoms with Crippen molar-refractivity contribution in [2.24, 2.45) is 0 Å². The van der Waals surface area contributed by atoms with Gasteiger partial charge in [-0.1, -0.05) is 22.0 Å². The highest BCUT2D eigenvalue weighted by Gasteiger charge is 2.09. The highest BCUT2D eigenvalue weighted by atomic mass is 79.9. The smallest absolute Gasteiger partial charge is 0.230 e. The van der Waals surface area contributed by atoms with Gasteiger partial charge in [0.2, 0.25) is 5.91 Å². The van der Waals surface area contributed by atoms with E-state index in [0.29, 0.717) is 0 Å². The number of nitrogens with zero attached hydrogens (tertiary/aromatic N) is 1. The summed E-state index contributed by atoms with van der Waals surface area (Å²) >= 11 is 6.59. The number of halogens is 1. The highest BCUT2D eigenvalue weighted by Crippen LogP contribution is 2.28. The third kappa shape index (κ3) is 3.78. The number of carbonyl (C=O) groups excluding carboxylic acids is 1. The molecule has 1 amide bonds. The molecular weight excluding hydrogens is 368 g/mol. The van der Waals surface area contributed by atoms with E-state index >= 15 is 0 Å². The first kappa shape index (κ1) is 14.4. The van der Waals surface area contributed by atoms with E-state index in [9.17, 15) is 4.79 Å². The minimum absolute atomic E-state index is 0.0552. The molecule has 0 saturated carbocycles. The molecule has 0 bridgehead atoms. The van der Waals surface area contributed by atoms with Crippen LogP contribution in [0.3, 0.4) is 0 Å². The molecule has 0 aliphatic carbocycles. The Morgan fingerprint density at radius 2 is 2.00 bits per heavy atom. The van der Waals surface area contributed by atoms with Crippen LogP contribution in [-0.2, 0) is 11.2 Å². The van der Waals surface area contributed by atoms with E-state index in [4.69, 9.17) is 0 Å². The summed E-state index contributed by atoms with van der Waals surface area (Å²) in [5, 5.41) is 7.80. The van der Waals surface area contributed by atoms with Crippen LogP contribution < -0.4 is 5.32 Å². The molecule has 0 unspecified atom stereocenters. The lowest BCUT2D eigenvalue weighted by atomic mass is 10.3. The SMILES string of the molecule is O=C(Cc1csc(-c2cccs2)n1)Nc1ccc(Br)cc1. The normalized spacial score (nSPS) is 10.5. The standard InChI is InChI=1S/C15H11BrN2OS2/c16-10-3-5-11(6-4-10)17-14(19)8-12-9-21-15(18-12)13-2-1-7-20-13/h1-7,9H,8H2,(H,17,19). The fourth-order valence-corrected chi connectivity index (χ4v) is 3.70. The minimum atomic E-state index is -0.0552. The van der Waals surface area contributed by atoms with Crippen LogP contribution in [0.5, 0.6) is 0 Å². The monoisotopic (exact) mass is 378 g/mol. The van der Waals surface area contributed by atoms with Crippen LogP contribution in [-0.4, -0.2) is 10.9 Å². The van der Waals surface area contributed by atoms with Crippen LogP contribution in [0.15, 0.2) is 51.6 Å². The van der Waals surface area contributed by atoms with Crippen molar-refractivity contribution in [1.82, 2.24) is 4.98 Å². The molecule has 106 valence electrons. The van der Waals surface area contributed by atoms with E-state index in [2.05, 4.69) is 26.2 Å². The number of amides is 1. The Morgan fingerprint density at radius 1 is 1.19 bits per heavy atom. The van der Waals surface area contributed by atoms with Crippen molar-refractivity contribution in [3.8, 4) is 9.88 Å². The van der Waals surface area contributed by atoms with E-state index in [1.165, 1.54) is 0 Å². The predicted molar refractivity (Wildman–Crippen MR) is 91.9 cm³/mol. The Kier molecular flexibility index (Phi) is 4.48. The van der Waals surface area contributed by atoms with Crippen LogP contribution in [0, 0.1) is 0 Å². The van der Waals surface area contributed by atoms with Crippen molar-refractivity contribution < 1.29 is 4.79 Å². The van der Waals surface area contributed by atoms with E-state index in [1.54, 1.807) is 22.7 Å². The maximum Gasteiger partial charge on any atom is 0.230 e. The van der Waals surface area contributed by atoms with Crippen molar-refractivity contribution >= 4 is 50.2 Å². The maximum atomic E-state index is 12.0. The molecule has 3 aromatic rings. The van der Waals surface area contributed by atoms with E-state index in [-0.39, 0.29) is 12.3 Å². The second-order valence-electron chi connectivity index (χ2n) is 4.35. The van der Waals surface area contributed by atoms with Gasteiger partial charge < -0.3 is 5.32 Å². The number of aromatic nitrogens is 1. The van der Waals surface area contributed by atoms with Gasteiger partial charge in [0.15, 0.2) is 0 Å². The highest BCUT2D eigenvalue weighted by molar-refractivity contribution is 9.10. The van der Waals surface area contributed by atoms with Gasteiger partial charge in [0, 0.05) is 15.5 Å². The van der Waals surface area contributed by atoms with Crippen LogP contribution in [0.4, 0.5) is 5.69 Å². The number of hydrogen-bond donors (Lipinski definition) is 1. The van der Waals surface area contributed by atoms with Crippen LogP contribution in [0.25, 0.3) is 9.88 Å². The minimum Gasteiger partial charge on any atom is -0.326 e. The van der Waals surface area contributed by atoms with Gasteiger partial charge in [0.05, 0.1) is 17.0 Å². The van der Waals surface area contributed by atoms with E-state index < -0.39 is 0 Å². The summed E-state index contributed by atoms with van der Waals surface area (Å²) in [4.78, 5) is 17.7. The predicted octanol–water partition coefficient (Wildman–Crippen LogP) is 4.82. The van der Waals surface area contributed by atoms with Crippen LogP contribution in [0.2, 0.25) is 0 Å². The van der Waals surface area contributed by atoms with Gasteiger partial charge in [-0.3, -0.25) is 4.79 Å². The number of thiophene rings is 1. The van der Waals surface area contributed by atoms with Gasteiger partial charge in [0.1, 0.15) is 5.01 Å². The van der Waals surface area contributed by atoms with Crippen LogP contribution in [0.1, 0.15) is 5.69 Å². The number of benzene rings is 1. The number of hydrogen-bond acceptors (Lipinski definition) is 4. The first-order valence-electron chi connectivity index (χ1n) is 6.24. The van der Waals surface area contributed by atoms with Crippen molar-refractivity contribution in [3.05, 3.63) is 57.3 Å². The molecule has 0 aliphatic rings. The lowest BCUT2D eigenvalue weighted by molar-refractivity contribution is -0.115. The summed E-state index contributed by atoms with van der Waals surface area (Å²) < 4.78 is 0.987. The number of rotatable bonds is 4. The maximum absolute atomic E-state index is 12.0. The summed E-state index contributed by atoms with van der Waals surface area (Å²) in [7, 11) is 0. The van der Waals surface area contributed by atoms with Crippen molar-refractivity contribution in [3.63, 3.8) is 0 Å². The van der Waals surface area contributed by atoms with Gasteiger partial charge in [-0.15, -0.1) is 22.7 Å². The molecule has 21 heavy (non-hydrogen) atoms. The fraction of sp³-hybridized carbons (Fsp3) is 0.0667. The van der Waals surface area contributed by atoms with Crippen molar-refractivity contribution in [2.45, 2.75) is 6.42 Å². The molecule has 0 spiro atoms. The Bertz CT molecular complexity index is 735. The average Bonchev–Trinajstić information content (AvgIpc) is 3.12. The van der Waals surface area contributed by atoms with Gasteiger partial charge in [-0.05, 0) is 35.7 Å². The third-order valence-corrected chi connectivity index (χ3v) is 5.21. The zero-order valence-corrected chi connectivity index (χ0v) is 14.1. The number of carbonyl (C=O) groups is 1. The van der Waals surface area contributed by atoms with E-state index in [1.807, 2.05) is 47.2 Å². The summed E-state index contributed by atoms with van der Waals surface area (Å²) in [5.74, 6) is -0.0552. The molecule has 0 fully saturated rings. The van der Waals surface area contributed by atoms with Crippen molar-refractivity contribution in [1.29, 1.82) is 0 Å². The largest absolute Gasteiger partial charge is 0.326 e. The fourth-order valence-electron chi connectivity index (χ4n) is 1.80. The Balaban J connectivity index is 1.64. The number of nitrogens with one attached hydrogen (secondary N) is 1. The molecule has 0 saturated heterocycles. The molecule has 3 rings (SSSR count). The van der Waals surface area contributed by atoms with Gasteiger partial charge in [-0.2, -0.15) is 0 Å². The molecule has 2 aromatic heterocycles. The summed E-state index contributed by atoms with van der Waals surface area (Å²) in [5.41, 5.74) is 1.59. The Morgan fingerprint density at radius 3 is 2.71 bits per heavy atom. The molecule has 6 heteroatoms. The Hall–Kier alpha value is -1.50. The van der Waals surface area contributed by atoms with Gasteiger partial charge >= 0.3 is 0 Å². The number of thiazole rings is 1. The van der Waals surface area contributed by atoms with Crippen LogP contribution >= 0.6 is 38.6 Å². The van der Waals surface area contributed by atoms with E-state index in [0.717, 1.165) is 25.7 Å². The molecule has 0 radical (unpaired) electrons. The zero-order valence-electron chi connectivity index (χ0n) is 10.9. The lowest BCUT2D eigenvalue weighted by Gasteiger charge is -2.03. The molecule has 0 aliphatic heterocycles. The van der Waals surface area contributed by atoms with Gasteiger partial charge in [-0.25, -0.2) is 4.98 Å². The molecule has 1 N–H and O–H groups in total. The summed E-state index contributed by atoms with van der Waals surface area (Å²) in [6, 6.07) is 11.6. The second-order valence-corrected chi connectivity index (χ2v) is 7.07. The van der Waals surface area contributed by atoms with Crippen molar-refractivity contribution in [2.75, 3.05) is 5.32 Å². The molecule has 0 atom stereocenters. The quantitative estimate of drug-likeness (QED) is 0.707. The molecule has 1 aromatic carbocycles. The second kappa shape index (κ2) is 6.51. The zero-order chi connectivity index (χ0) is 14.7. The molecular formula is C15H11BrN2OS2. The first-order valence-corrected chi connectivity index (χ1v) is 8.79. The number of anilines is 1. The molecule has 3 nitrogen and oxygen atoms in total.